The van der Waals surface area contributed by atoms with Crippen molar-refractivity contribution in [2.45, 2.75) is 63.6 Å². The molecule has 308 valence electrons. The van der Waals surface area contributed by atoms with Crippen LogP contribution in [0.2, 0.25) is 0 Å². The molecule has 16 heteroatoms. The fraction of sp³-hybridized carbons (Fsp3) is 0.585. The number of piperazine rings is 1. The first-order chi connectivity index (χ1) is 27.5. The number of nitrogens with one attached hydrogen (secondary N) is 2. The number of aryl methyl sites for hydroxylation is 1. The second-order valence-electron chi connectivity index (χ2n) is 16.0. The normalized spacial score (nSPS) is 19.6. The molecule has 0 spiro atoms. The van der Waals surface area contributed by atoms with Crippen molar-refractivity contribution in [3.05, 3.63) is 63.6 Å². The van der Waals surface area contributed by atoms with E-state index in [4.69, 9.17) is 13.9 Å². The first-order valence-corrected chi connectivity index (χ1v) is 20.3. The van der Waals surface area contributed by atoms with Gasteiger partial charge in [-0.25, -0.2) is 14.4 Å². The van der Waals surface area contributed by atoms with Crippen LogP contribution in [0.1, 0.15) is 42.4 Å². The standard InChI is InChI=1S/C41H56N8O8/c1-28-24-29(25-34-37(28)43-40(53)56-34)26-35(57-41(54)48-15-11-32(12-16-48)49-17-8-30-6-4-5-7-33(30)42-39(49)52)38(51)47-20-18-46(19-21-47)31-9-13-45(14-10-31)27-36(50)55-23-22-44(2)3/h4-7,24-25,31-32,35H,8-23,26-27H2,1-3H3,(H,42,52)(H,43,53)/t35-/m1/s1. The van der Waals surface area contributed by atoms with Gasteiger partial charge in [0.25, 0.3) is 5.91 Å². The van der Waals surface area contributed by atoms with Crippen molar-refractivity contribution in [3.8, 4) is 0 Å². The number of oxazole rings is 1. The van der Waals surface area contributed by atoms with Gasteiger partial charge in [-0.05, 0) is 81.9 Å². The number of aromatic nitrogens is 1. The fourth-order valence-corrected chi connectivity index (χ4v) is 8.62. The molecular weight excluding hydrogens is 732 g/mol. The lowest BCUT2D eigenvalue weighted by atomic mass is 10.0. The number of aromatic amines is 1. The summed E-state index contributed by atoms with van der Waals surface area (Å²) in [5.74, 6) is -1.01. The maximum Gasteiger partial charge on any atom is 0.417 e. The number of likely N-dealkylation sites (tertiary alicyclic amines) is 2. The van der Waals surface area contributed by atoms with E-state index < -0.39 is 18.0 Å². The highest BCUT2D eigenvalue weighted by Crippen LogP contribution is 2.26. The Balaban J connectivity index is 0.946. The van der Waals surface area contributed by atoms with Crippen LogP contribution in [0.25, 0.3) is 11.1 Å². The largest absolute Gasteiger partial charge is 0.463 e. The zero-order valence-electron chi connectivity index (χ0n) is 33.4. The maximum absolute atomic E-state index is 14.3. The third-order valence-corrected chi connectivity index (χ3v) is 11.9. The van der Waals surface area contributed by atoms with Crippen LogP contribution in [0.4, 0.5) is 15.3 Å². The predicted octanol–water partition coefficient (Wildman–Crippen LogP) is 2.75. The lowest BCUT2D eigenvalue weighted by Gasteiger charge is -2.43. The highest BCUT2D eigenvalue weighted by atomic mass is 16.6. The summed E-state index contributed by atoms with van der Waals surface area (Å²) < 4.78 is 16.8. The van der Waals surface area contributed by atoms with E-state index in [-0.39, 0.29) is 30.4 Å². The first kappa shape index (κ1) is 40.3. The topological polar surface area (TPSA) is 164 Å². The average Bonchev–Trinajstić information content (AvgIpc) is 3.50. The van der Waals surface area contributed by atoms with E-state index in [0.717, 1.165) is 49.2 Å². The monoisotopic (exact) mass is 788 g/mol. The number of nitrogens with zero attached hydrogens (tertiary/aromatic N) is 6. The minimum Gasteiger partial charge on any atom is -0.463 e. The van der Waals surface area contributed by atoms with Gasteiger partial charge in [0.15, 0.2) is 11.7 Å². The highest BCUT2D eigenvalue weighted by Gasteiger charge is 2.37. The van der Waals surface area contributed by atoms with E-state index in [1.54, 1.807) is 15.9 Å². The molecule has 7 rings (SSSR count). The van der Waals surface area contributed by atoms with Crippen molar-refractivity contribution in [3.63, 3.8) is 0 Å². The van der Waals surface area contributed by atoms with Gasteiger partial charge in [0.2, 0.25) is 0 Å². The maximum atomic E-state index is 14.3. The van der Waals surface area contributed by atoms with E-state index >= 15 is 0 Å². The smallest absolute Gasteiger partial charge is 0.417 e. The number of hydrogen-bond donors (Lipinski definition) is 2. The third-order valence-electron chi connectivity index (χ3n) is 11.9. The number of rotatable bonds is 11. The van der Waals surface area contributed by atoms with Crippen LogP contribution in [0.15, 0.2) is 45.6 Å². The van der Waals surface area contributed by atoms with Crippen molar-refractivity contribution in [2.75, 3.05) is 98.0 Å². The molecule has 3 saturated heterocycles. The van der Waals surface area contributed by atoms with Crippen LogP contribution in [0.3, 0.4) is 0 Å². The molecule has 0 bridgehead atoms. The summed E-state index contributed by atoms with van der Waals surface area (Å²) in [7, 11) is 3.89. The molecular formula is C41H56N8O8. The van der Waals surface area contributed by atoms with Gasteiger partial charge in [0.1, 0.15) is 6.61 Å². The summed E-state index contributed by atoms with van der Waals surface area (Å²) in [5, 5.41) is 3.04. The van der Waals surface area contributed by atoms with Gasteiger partial charge in [-0.2, -0.15) is 0 Å². The Labute approximate surface area is 333 Å². The van der Waals surface area contributed by atoms with E-state index in [0.29, 0.717) is 101 Å². The van der Waals surface area contributed by atoms with Crippen LogP contribution < -0.4 is 11.1 Å². The zero-order valence-corrected chi connectivity index (χ0v) is 33.4. The van der Waals surface area contributed by atoms with E-state index in [1.807, 2.05) is 61.2 Å². The number of urea groups is 1. The molecule has 4 amide bonds. The van der Waals surface area contributed by atoms with Gasteiger partial charge in [-0.15, -0.1) is 0 Å². The molecule has 0 unspecified atom stereocenters. The number of H-pyrrole nitrogens is 1. The zero-order chi connectivity index (χ0) is 40.1. The Kier molecular flexibility index (Phi) is 12.8. The summed E-state index contributed by atoms with van der Waals surface area (Å²) in [6.07, 6.45) is 2.30. The van der Waals surface area contributed by atoms with E-state index in [9.17, 15) is 24.0 Å². The molecule has 57 heavy (non-hydrogen) atoms. The van der Waals surface area contributed by atoms with Gasteiger partial charge in [0.05, 0.1) is 12.1 Å². The molecule has 16 nitrogen and oxygen atoms in total. The van der Waals surface area contributed by atoms with Crippen molar-refractivity contribution in [1.82, 2.24) is 34.4 Å². The number of para-hydroxylation sites is 1. The number of carbonyl (C=O) groups is 4. The summed E-state index contributed by atoms with van der Waals surface area (Å²) in [6, 6.07) is 11.7. The molecule has 4 aliphatic rings. The number of ether oxygens (including phenoxy) is 2. The van der Waals surface area contributed by atoms with Crippen LogP contribution in [-0.4, -0.2) is 169 Å². The number of piperidine rings is 2. The molecule has 2 N–H and O–H groups in total. The lowest BCUT2D eigenvalue weighted by Crippen LogP contribution is -2.57. The summed E-state index contributed by atoms with van der Waals surface area (Å²) in [4.78, 5) is 80.0. The molecule has 3 aromatic rings. The highest BCUT2D eigenvalue weighted by molar-refractivity contribution is 5.91. The van der Waals surface area contributed by atoms with Gasteiger partial charge in [0, 0.05) is 89.6 Å². The molecule has 4 aliphatic heterocycles. The summed E-state index contributed by atoms with van der Waals surface area (Å²) in [5.41, 5.74) is 4.42. The molecule has 1 atom stereocenters. The van der Waals surface area contributed by atoms with E-state index in [2.05, 4.69) is 20.1 Å². The number of fused-ring (bicyclic) bond motifs is 2. The number of anilines is 1. The molecule has 1 aromatic heterocycles. The summed E-state index contributed by atoms with van der Waals surface area (Å²) >= 11 is 0. The molecule has 0 radical (unpaired) electrons. The summed E-state index contributed by atoms with van der Waals surface area (Å²) in [6.45, 7) is 8.67. The van der Waals surface area contributed by atoms with Crippen LogP contribution in [0, 0.1) is 6.92 Å². The first-order valence-electron chi connectivity index (χ1n) is 20.3. The second kappa shape index (κ2) is 18.1. The predicted molar refractivity (Wildman–Crippen MR) is 213 cm³/mol. The molecule has 3 fully saturated rings. The number of benzene rings is 2. The number of hydrogen-bond acceptors (Lipinski definition) is 11. The second-order valence-corrected chi connectivity index (χ2v) is 16.0. The van der Waals surface area contributed by atoms with Gasteiger partial charge in [-0.3, -0.25) is 24.4 Å². The van der Waals surface area contributed by atoms with Crippen LogP contribution in [-0.2, 0) is 31.9 Å². The minimum absolute atomic E-state index is 0.0235. The number of carbonyl (C=O) groups excluding carboxylic acids is 4. The Morgan fingerprint density at radius 1 is 0.895 bits per heavy atom. The molecule has 2 aromatic carbocycles. The van der Waals surface area contributed by atoms with Crippen LogP contribution in [0.5, 0.6) is 0 Å². The Bertz CT molecular complexity index is 1960. The molecule has 0 aliphatic carbocycles. The number of amides is 4. The Hall–Kier alpha value is -4.93. The molecule has 5 heterocycles. The quantitative estimate of drug-likeness (QED) is 0.275. The average molecular weight is 789 g/mol. The number of likely N-dealkylation sites (N-methyl/N-ethyl adjacent to an activating group) is 1. The Morgan fingerprint density at radius 2 is 1.61 bits per heavy atom. The van der Waals surface area contributed by atoms with Gasteiger partial charge >= 0.3 is 23.8 Å². The Morgan fingerprint density at radius 3 is 2.35 bits per heavy atom. The van der Waals surface area contributed by atoms with Crippen molar-refractivity contribution in [1.29, 1.82) is 0 Å². The van der Waals surface area contributed by atoms with E-state index in [1.165, 1.54) is 0 Å². The van der Waals surface area contributed by atoms with Gasteiger partial charge < -0.3 is 38.8 Å². The SMILES string of the molecule is Cc1cc(C[C@@H](OC(=O)N2CCC(N3CCc4ccccc4NC3=O)CC2)C(=O)N2CCN(C3CCN(CC(=O)OCCN(C)C)CC3)CC2)cc2oc(=O)[nH]c12. The number of esters is 1. The van der Waals surface area contributed by atoms with Crippen molar-refractivity contribution in [2.24, 2.45) is 0 Å². The fourth-order valence-electron chi connectivity index (χ4n) is 8.62. The minimum atomic E-state index is -1.08. The van der Waals surface area contributed by atoms with Crippen LogP contribution >= 0.6 is 0 Å². The van der Waals surface area contributed by atoms with Crippen molar-refractivity contribution < 1.29 is 33.1 Å². The third kappa shape index (κ3) is 9.97. The molecule has 0 saturated carbocycles. The van der Waals surface area contributed by atoms with Gasteiger partial charge in [-0.1, -0.05) is 24.3 Å². The lowest BCUT2D eigenvalue weighted by molar-refractivity contribution is -0.145. The van der Waals surface area contributed by atoms with Crippen molar-refractivity contribution >= 4 is 40.8 Å².